The van der Waals surface area contributed by atoms with Crippen LogP contribution in [0.4, 0.5) is 0 Å². The Labute approximate surface area is 367 Å². The van der Waals surface area contributed by atoms with E-state index in [4.69, 9.17) is 9.97 Å². The average molecular weight is 801 g/mol. The maximum atomic E-state index is 5.37. The molecule has 1 heterocycles. The molecule has 0 saturated carbocycles. The third-order valence-electron chi connectivity index (χ3n) is 12.7. The van der Waals surface area contributed by atoms with Crippen LogP contribution in [0.3, 0.4) is 0 Å². The van der Waals surface area contributed by atoms with Gasteiger partial charge in [0.15, 0.2) is 5.82 Å². The van der Waals surface area contributed by atoms with Gasteiger partial charge in [0.2, 0.25) is 0 Å². The highest BCUT2D eigenvalue weighted by atomic mass is 14.9. The van der Waals surface area contributed by atoms with Crippen LogP contribution in [0.5, 0.6) is 0 Å². The van der Waals surface area contributed by atoms with Crippen LogP contribution < -0.4 is 0 Å². The Kier molecular flexibility index (Phi) is 11.1. The third kappa shape index (κ3) is 8.02. The van der Waals surface area contributed by atoms with Gasteiger partial charge in [0.1, 0.15) is 0 Å². The molecule has 3 atom stereocenters. The lowest BCUT2D eigenvalue weighted by Crippen LogP contribution is -2.10. The molecule has 0 aliphatic heterocycles. The predicted molar refractivity (Wildman–Crippen MR) is 263 cm³/mol. The van der Waals surface area contributed by atoms with E-state index in [-0.39, 0.29) is 5.92 Å². The van der Waals surface area contributed by atoms with Gasteiger partial charge >= 0.3 is 0 Å². The number of hydrogen-bond donors (Lipinski definition) is 0. The smallest absolute Gasteiger partial charge is 0.160 e. The fourth-order valence-corrected chi connectivity index (χ4v) is 9.45. The van der Waals surface area contributed by atoms with E-state index in [1.807, 2.05) is 0 Å². The molecule has 2 heteroatoms. The summed E-state index contributed by atoms with van der Waals surface area (Å²) >= 11 is 0. The molecule has 0 fully saturated rings. The molecule has 0 amide bonds. The van der Waals surface area contributed by atoms with Gasteiger partial charge in [-0.15, -0.1) is 0 Å². The van der Waals surface area contributed by atoms with Crippen LogP contribution >= 0.6 is 0 Å². The third-order valence-corrected chi connectivity index (χ3v) is 12.7. The molecule has 0 spiro atoms. The Hall–Kier alpha value is -6.90. The monoisotopic (exact) mass is 800 g/mol. The van der Waals surface area contributed by atoms with Crippen LogP contribution in [0.2, 0.25) is 0 Å². The molecule has 0 saturated heterocycles. The van der Waals surface area contributed by atoms with Crippen molar-refractivity contribution in [1.82, 2.24) is 9.97 Å². The number of aromatic nitrogens is 2. The highest BCUT2D eigenvalue weighted by Gasteiger charge is 2.28. The molecule has 4 aliphatic rings. The van der Waals surface area contributed by atoms with Crippen molar-refractivity contribution >= 4 is 16.7 Å². The molecule has 62 heavy (non-hydrogen) atoms. The second-order valence-corrected chi connectivity index (χ2v) is 17.2. The molecule has 1 aromatic heterocycles. The lowest BCUT2D eigenvalue weighted by Gasteiger charge is -2.30. The van der Waals surface area contributed by atoms with Gasteiger partial charge in [-0.05, 0) is 123 Å². The Morgan fingerprint density at radius 3 is 1.81 bits per heavy atom. The van der Waals surface area contributed by atoms with E-state index >= 15 is 0 Å². The summed E-state index contributed by atoms with van der Waals surface area (Å²) in [6, 6.07) is 44.2. The summed E-state index contributed by atoms with van der Waals surface area (Å²) in [4.78, 5) is 10.7. The van der Waals surface area contributed by atoms with Crippen molar-refractivity contribution < 1.29 is 0 Å². The second-order valence-electron chi connectivity index (χ2n) is 17.2. The van der Waals surface area contributed by atoms with Crippen LogP contribution in [0.25, 0.3) is 72.6 Å². The molecular weight excluding hydrogens is 749 g/mol. The number of rotatable bonds is 9. The van der Waals surface area contributed by atoms with Crippen LogP contribution in [0, 0.1) is 11.8 Å². The SMILES string of the molecule is CC1C=CC(c2cc(-c3cccc(-c4cc(-c5ccccc5-c5ccccc5)nc(C5=CCCC=C5)n4)c3)c(C3=CCC(C)C=C3)c(C3C=CC=CC3)c2-c2ccccc2)=CC1. The molecule has 0 radical (unpaired) electrons. The number of benzene rings is 5. The molecular formula is C60H52N2. The van der Waals surface area contributed by atoms with Gasteiger partial charge in [0.25, 0.3) is 0 Å². The minimum atomic E-state index is 0.210. The topological polar surface area (TPSA) is 25.8 Å². The van der Waals surface area contributed by atoms with E-state index in [1.165, 1.54) is 55.7 Å². The Bertz CT molecular complexity index is 2890. The maximum absolute atomic E-state index is 5.37. The molecule has 10 rings (SSSR count). The van der Waals surface area contributed by atoms with E-state index in [0.717, 1.165) is 71.6 Å². The Balaban J connectivity index is 1.22. The summed E-state index contributed by atoms with van der Waals surface area (Å²) in [6.07, 6.45) is 35.4. The highest BCUT2D eigenvalue weighted by Crippen LogP contribution is 2.49. The van der Waals surface area contributed by atoms with Crippen molar-refractivity contribution in [3.63, 3.8) is 0 Å². The Morgan fingerprint density at radius 2 is 1.11 bits per heavy atom. The van der Waals surface area contributed by atoms with Crippen molar-refractivity contribution in [2.45, 2.75) is 51.9 Å². The summed E-state index contributed by atoms with van der Waals surface area (Å²) < 4.78 is 0. The van der Waals surface area contributed by atoms with E-state index in [1.54, 1.807) is 0 Å². The molecule has 5 aromatic carbocycles. The van der Waals surface area contributed by atoms with Crippen molar-refractivity contribution in [2.24, 2.45) is 11.8 Å². The van der Waals surface area contributed by atoms with E-state index < -0.39 is 0 Å². The maximum Gasteiger partial charge on any atom is 0.160 e. The summed E-state index contributed by atoms with van der Waals surface area (Å²) in [5.41, 5.74) is 19.0. The van der Waals surface area contributed by atoms with Gasteiger partial charge in [-0.1, -0.05) is 196 Å². The zero-order valence-electron chi connectivity index (χ0n) is 35.7. The van der Waals surface area contributed by atoms with Gasteiger partial charge in [0, 0.05) is 22.6 Å². The molecule has 6 aromatic rings. The molecule has 0 bridgehead atoms. The van der Waals surface area contributed by atoms with Crippen LogP contribution in [0.15, 0.2) is 200 Å². The first-order valence-corrected chi connectivity index (χ1v) is 22.5. The summed E-state index contributed by atoms with van der Waals surface area (Å²) in [7, 11) is 0. The fraction of sp³-hybridized carbons (Fsp3) is 0.167. The standard InChI is InChI=1S/C60H52N2/c1-41-30-34-44(35-31-41)53-39-54(58(47-36-32-42(2)33-37-47)59(46-22-11-5-12-23-46)57(53)45-20-9-4-10-21-45)49-26-17-27-50(38-49)55-40-56(62-60(61-55)48-24-13-6-14-25-48)52-29-16-15-28-51(52)43-18-7-3-8-19-43/h3-5,7-13,15-22,24-30,32,34-42,46H,6,14,23,31,33H2,1-2H3. The van der Waals surface area contributed by atoms with E-state index in [9.17, 15) is 0 Å². The molecule has 2 nitrogen and oxygen atoms in total. The lowest BCUT2D eigenvalue weighted by molar-refractivity contribution is 0.738. The summed E-state index contributed by atoms with van der Waals surface area (Å²) in [6.45, 7) is 4.62. The van der Waals surface area contributed by atoms with Gasteiger partial charge in [-0.25, -0.2) is 9.97 Å². The zero-order chi connectivity index (χ0) is 41.8. The van der Waals surface area contributed by atoms with Crippen LogP contribution in [0.1, 0.15) is 74.4 Å². The van der Waals surface area contributed by atoms with Gasteiger partial charge in [0.05, 0.1) is 11.4 Å². The quantitative estimate of drug-likeness (QED) is 0.146. The predicted octanol–water partition coefficient (Wildman–Crippen LogP) is 16.1. The minimum absolute atomic E-state index is 0.210. The van der Waals surface area contributed by atoms with E-state index in [2.05, 4.69) is 214 Å². The first kappa shape index (κ1) is 39.2. The Morgan fingerprint density at radius 1 is 0.435 bits per heavy atom. The first-order valence-electron chi connectivity index (χ1n) is 22.5. The van der Waals surface area contributed by atoms with Crippen LogP contribution in [-0.2, 0) is 0 Å². The fourth-order valence-electron chi connectivity index (χ4n) is 9.45. The molecule has 0 N–H and O–H groups in total. The number of nitrogens with zero attached hydrogens (tertiary/aromatic N) is 2. The zero-order valence-corrected chi connectivity index (χ0v) is 35.7. The second kappa shape index (κ2) is 17.6. The summed E-state index contributed by atoms with van der Waals surface area (Å²) in [5.74, 6) is 1.98. The first-order chi connectivity index (χ1) is 30.6. The molecule has 4 aliphatic carbocycles. The largest absolute Gasteiger partial charge is 0.228 e. The minimum Gasteiger partial charge on any atom is -0.228 e. The van der Waals surface area contributed by atoms with Crippen molar-refractivity contribution in [3.8, 4) is 55.9 Å². The van der Waals surface area contributed by atoms with Gasteiger partial charge in [-0.3, -0.25) is 0 Å². The normalized spacial score (nSPS) is 19.3. The average Bonchev–Trinajstić information content (AvgIpc) is 3.35. The van der Waals surface area contributed by atoms with Crippen molar-refractivity contribution in [1.29, 1.82) is 0 Å². The summed E-state index contributed by atoms with van der Waals surface area (Å²) in [5, 5.41) is 0. The highest BCUT2D eigenvalue weighted by molar-refractivity contribution is 5.99. The van der Waals surface area contributed by atoms with Crippen LogP contribution in [-0.4, -0.2) is 9.97 Å². The van der Waals surface area contributed by atoms with Gasteiger partial charge < -0.3 is 0 Å². The number of allylic oxidation sites excluding steroid dienone is 16. The molecule has 3 unspecified atom stereocenters. The van der Waals surface area contributed by atoms with Gasteiger partial charge in [-0.2, -0.15) is 0 Å². The molecule has 302 valence electrons. The number of hydrogen-bond acceptors (Lipinski definition) is 2. The van der Waals surface area contributed by atoms with Crippen molar-refractivity contribution in [2.75, 3.05) is 0 Å². The lowest BCUT2D eigenvalue weighted by atomic mass is 9.74. The van der Waals surface area contributed by atoms with Crippen molar-refractivity contribution in [3.05, 3.63) is 223 Å². The van der Waals surface area contributed by atoms with E-state index in [0.29, 0.717) is 11.8 Å².